The Kier molecular flexibility index (Phi) is 7.87. The van der Waals surface area contributed by atoms with Crippen LogP contribution in [0.4, 0.5) is 0 Å². The summed E-state index contributed by atoms with van der Waals surface area (Å²) in [4.78, 5) is 24.9. The van der Waals surface area contributed by atoms with Crippen molar-refractivity contribution in [2.45, 2.75) is 48.3 Å². The van der Waals surface area contributed by atoms with E-state index in [0.29, 0.717) is 0 Å². The van der Waals surface area contributed by atoms with Gasteiger partial charge in [0.15, 0.2) is 12.2 Å². The van der Waals surface area contributed by atoms with E-state index in [1.165, 1.54) is 25.8 Å². The Hall–Kier alpha value is -2.39. The number of hydrogen-bond acceptors (Lipinski definition) is 8. The highest BCUT2D eigenvalue weighted by Crippen LogP contribution is 2.36. The van der Waals surface area contributed by atoms with Crippen LogP contribution in [0.1, 0.15) is 12.5 Å². The maximum Gasteiger partial charge on any atom is 0.337 e. The molecule has 0 radical (unpaired) electrons. The standard InChI is InChI=1S/C22H24O7S/c1-14(23)28-20-18(27-13-15-9-5-3-6-10-15)17(24)19(21(25)26-2)29-22(20)30-16-11-7-4-8-12-16/h3-12,17-20,22,24H,13H2,1-2H3/t17-,18+,19?,20?,22-/m0/s1. The first-order valence-electron chi connectivity index (χ1n) is 9.45. The molecular weight excluding hydrogens is 408 g/mol. The third-order valence-corrected chi connectivity index (χ3v) is 5.69. The van der Waals surface area contributed by atoms with Crippen molar-refractivity contribution in [3.63, 3.8) is 0 Å². The van der Waals surface area contributed by atoms with Gasteiger partial charge in [0.2, 0.25) is 0 Å². The molecular formula is C22H24O7S. The van der Waals surface area contributed by atoms with Crippen LogP contribution in [0.15, 0.2) is 65.6 Å². The lowest BCUT2D eigenvalue weighted by molar-refractivity contribution is -0.231. The third kappa shape index (κ3) is 5.60. The molecule has 0 aromatic heterocycles. The van der Waals surface area contributed by atoms with Crippen molar-refractivity contribution in [1.82, 2.24) is 0 Å². The van der Waals surface area contributed by atoms with Gasteiger partial charge in [-0.2, -0.15) is 0 Å². The van der Waals surface area contributed by atoms with Crippen LogP contribution in [-0.4, -0.2) is 54.0 Å². The summed E-state index contributed by atoms with van der Waals surface area (Å²) < 4.78 is 22.1. The number of hydrogen-bond donors (Lipinski definition) is 1. The molecule has 8 heteroatoms. The smallest absolute Gasteiger partial charge is 0.337 e. The van der Waals surface area contributed by atoms with E-state index in [4.69, 9.17) is 18.9 Å². The van der Waals surface area contributed by atoms with Crippen LogP contribution < -0.4 is 0 Å². The minimum absolute atomic E-state index is 0.164. The summed E-state index contributed by atoms with van der Waals surface area (Å²) in [5.41, 5.74) is 0.0872. The molecule has 2 aromatic carbocycles. The Morgan fingerprint density at radius 1 is 1.03 bits per heavy atom. The minimum Gasteiger partial charge on any atom is -0.467 e. The number of carbonyl (C=O) groups excluding carboxylic acids is 2. The van der Waals surface area contributed by atoms with Gasteiger partial charge >= 0.3 is 11.9 Å². The number of methoxy groups -OCH3 is 1. The molecule has 160 valence electrons. The van der Waals surface area contributed by atoms with E-state index < -0.39 is 41.8 Å². The summed E-state index contributed by atoms with van der Waals surface area (Å²) in [5, 5.41) is 10.8. The first-order chi connectivity index (χ1) is 14.5. The predicted octanol–water partition coefficient (Wildman–Crippen LogP) is 2.55. The summed E-state index contributed by atoms with van der Waals surface area (Å²) in [6.45, 7) is 1.44. The van der Waals surface area contributed by atoms with Gasteiger partial charge in [0.1, 0.15) is 17.6 Å². The van der Waals surface area contributed by atoms with Crippen molar-refractivity contribution in [3.05, 3.63) is 66.2 Å². The molecule has 0 bridgehead atoms. The Balaban J connectivity index is 1.88. The second kappa shape index (κ2) is 10.6. The van der Waals surface area contributed by atoms with Gasteiger partial charge in [-0.25, -0.2) is 4.79 Å². The van der Waals surface area contributed by atoms with Crippen LogP contribution >= 0.6 is 11.8 Å². The molecule has 3 rings (SSSR count). The van der Waals surface area contributed by atoms with Crippen molar-refractivity contribution in [2.75, 3.05) is 7.11 Å². The fraction of sp³-hybridized carbons (Fsp3) is 0.364. The van der Waals surface area contributed by atoms with Crippen LogP contribution in [0.5, 0.6) is 0 Å². The molecule has 5 atom stereocenters. The summed E-state index contributed by atoms with van der Waals surface area (Å²) in [7, 11) is 1.22. The highest BCUT2D eigenvalue weighted by Gasteiger charge is 2.51. The van der Waals surface area contributed by atoms with E-state index in [1.807, 2.05) is 60.7 Å². The zero-order valence-electron chi connectivity index (χ0n) is 16.7. The van der Waals surface area contributed by atoms with Crippen LogP contribution in [0.25, 0.3) is 0 Å². The van der Waals surface area contributed by atoms with Gasteiger partial charge in [0.25, 0.3) is 0 Å². The van der Waals surface area contributed by atoms with E-state index in [-0.39, 0.29) is 6.61 Å². The second-order valence-corrected chi connectivity index (χ2v) is 7.88. The molecule has 1 saturated heterocycles. The molecule has 1 aliphatic heterocycles. The number of carbonyl (C=O) groups is 2. The Morgan fingerprint density at radius 2 is 1.67 bits per heavy atom. The molecule has 1 fully saturated rings. The Morgan fingerprint density at radius 3 is 2.27 bits per heavy atom. The lowest BCUT2D eigenvalue weighted by atomic mass is 9.99. The average molecular weight is 432 g/mol. The fourth-order valence-electron chi connectivity index (χ4n) is 3.14. The van der Waals surface area contributed by atoms with Crippen LogP contribution in [0, 0.1) is 0 Å². The lowest BCUT2D eigenvalue weighted by Crippen LogP contribution is -2.61. The summed E-state index contributed by atoms with van der Waals surface area (Å²) in [5.74, 6) is -1.27. The van der Waals surface area contributed by atoms with Crippen molar-refractivity contribution in [1.29, 1.82) is 0 Å². The maximum absolute atomic E-state index is 12.2. The molecule has 0 aliphatic carbocycles. The minimum atomic E-state index is -1.38. The van der Waals surface area contributed by atoms with E-state index in [2.05, 4.69) is 0 Å². The van der Waals surface area contributed by atoms with Gasteiger partial charge < -0.3 is 24.1 Å². The first-order valence-corrected chi connectivity index (χ1v) is 10.3. The molecule has 7 nitrogen and oxygen atoms in total. The van der Waals surface area contributed by atoms with Crippen molar-refractivity contribution < 1.29 is 33.6 Å². The summed E-state index contributed by atoms with van der Waals surface area (Å²) in [6, 6.07) is 18.7. The van der Waals surface area contributed by atoms with E-state index in [9.17, 15) is 14.7 Å². The number of aliphatic hydroxyl groups is 1. The summed E-state index contributed by atoms with van der Waals surface area (Å²) >= 11 is 1.28. The highest BCUT2D eigenvalue weighted by molar-refractivity contribution is 7.99. The van der Waals surface area contributed by atoms with E-state index >= 15 is 0 Å². The molecule has 0 saturated carbocycles. The molecule has 1 N–H and O–H groups in total. The Labute approximate surface area is 179 Å². The van der Waals surface area contributed by atoms with Gasteiger partial charge in [-0.15, -0.1) is 0 Å². The number of ether oxygens (including phenoxy) is 4. The first kappa shape index (κ1) is 22.3. The van der Waals surface area contributed by atoms with E-state index in [1.54, 1.807) is 0 Å². The van der Waals surface area contributed by atoms with E-state index in [0.717, 1.165) is 10.5 Å². The maximum atomic E-state index is 12.2. The molecule has 2 aromatic rings. The van der Waals surface area contributed by atoms with Crippen LogP contribution in [0.3, 0.4) is 0 Å². The second-order valence-electron chi connectivity index (χ2n) is 6.70. The zero-order chi connectivity index (χ0) is 21.5. The topological polar surface area (TPSA) is 91.3 Å². The van der Waals surface area contributed by atoms with Gasteiger partial charge in [0.05, 0.1) is 13.7 Å². The molecule has 1 heterocycles. The predicted molar refractivity (Wildman–Crippen MR) is 110 cm³/mol. The van der Waals surface area contributed by atoms with Gasteiger partial charge in [0, 0.05) is 11.8 Å². The van der Waals surface area contributed by atoms with Gasteiger partial charge in [-0.1, -0.05) is 60.3 Å². The normalized spacial score (nSPS) is 26.0. The molecule has 1 aliphatic rings. The third-order valence-electron chi connectivity index (χ3n) is 4.54. The SMILES string of the molecule is COC(=O)C1O[C@@H](Sc2ccccc2)C(OC(C)=O)[C@H](OCc2ccccc2)[C@@H]1O. The number of benzene rings is 2. The zero-order valence-corrected chi connectivity index (χ0v) is 17.5. The monoisotopic (exact) mass is 432 g/mol. The number of rotatable bonds is 7. The number of aliphatic hydroxyl groups excluding tert-OH is 1. The van der Waals surface area contributed by atoms with Crippen molar-refractivity contribution in [3.8, 4) is 0 Å². The molecule has 0 amide bonds. The van der Waals surface area contributed by atoms with Gasteiger partial charge in [-0.3, -0.25) is 4.79 Å². The fourth-order valence-corrected chi connectivity index (χ4v) is 4.24. The number of thioether (sulfide) groups is 1. The highest BCUT2D eigenvalue weighted by atomic mass is 32.2. The average Bonchev–Trinajstić information content (AvgIpc) is 2.75. The largest absolute Gasteiger partial charge is 0.467 e. The number of esters is 2. The molecule has 30 heavy (non-hydrogen) atoms. The van der Waals surface area contributed by atoms with Crippen LogP contribution in [0.2, 0.25) is 0 Å². The van der Waals surface area contributed by atoms with Crippen molar-refractivity contribution in [2.24, 2.45) is 0 Å². The quantitative estimate of drug-likeness (QED) is 0.668. The molecule has 0 spiro atoms. The summed E-state index contributed by atoms with van der Waals surface area (Å²) in [6.07, 6.45) is -4.58. The van der Waals surface area contributed by atoms with Crippen LogP contribution in [-0.2, 0) is 35.1 Å². The lowest BCUT2D eigenvalue weighted by Gasteiger charge is -2.42. The van der Waals surface area contributed by atoms with Crippen molar-refractivity contribution >= 4 is 23.7 Å². The van der Waals surface area contributed by atoms with Gasteiger partial charge in [-0.05, 0) is 17.7 Å². The molecule has 2 unspecified atom stereocenters. The Bertz CT molecular complexity index is 830.